The van der Waals surface area contributed by atoms with Crippen LogP contribution >= 0.6 is 0 Å². The Hall–Kier alpha value is -1.92. The van der Waals surface area contributed by atoms with E-state index in [4.69, 9.17) is 0 Å². The largest absolute Gasteiger partial charge is 0.356 e. The molecule has 1 fully saturated rings. The molecule has 1 atom stereocenters. The van der Waals surface area contributed by atoms with Crippen LogP contribution in [0.15, 0.2) is 0 Å². The summed E-state index contributed by atoms with van der Waals surface area (Å²) in [5.41, 5.74) is 0. The standard InChI is InChI=1S/C13H21N3O4/c1-3-5-9-11(18)15-13(20)16(12(9)19)8-6-10(17)14-7-4-2/h9H,3-8H2,1-2H3,(H,14,17)(H,15,18,20). The van der Waals surface area contributed by atoms with Gasteiger partial charge in [0.15, 0.2) is 0 Å². The maximum atomic E-state index is 12.1. The van der Waals surface area contributed by atoms with E-state index in [9.17, 15) is 19.2 Å². The first kappa shape index (κ1) is 16.1. The molecule has 112 valence electrons. The highest BCUT2D eigenvalue weighted by Crippen LogP contribution is 2.16. The molecule has 0 saturated carbocycles. The fourth-order valence-electron chi connectivity index (χ4n) is 1.98. The van der Waals surface area contributed by atoms with E-state index in [1.54, 1.807) is 0 Å². The van der Waals surface area contributed by atoms with Gasteiger partial charge in [0.2, 0.25) is 17.7 Å². The minimum Gasteiger partial charge on any atom is -0.356 e. The summed E-state index contributed by atoms with van der Waals surface area (Å²) in [5, 5.41) is 4.83. The van der Waals surface area contributed by atoms with Gasteiger partial charge in [-0.25, -0.2) is 4.79 Å². The number of nitrogens with one attached hydrogen (secondary N) is 2. The number of carbonyl (C=O) groups is 4. The van der Waals surface area contributed by atoms with E-state index in [0.29, 0.717) is 19.4 Å². The summed E-state index contributed by atoms with van der Waals surface area (Å²) in [7, 11) is 0. The minimum atomic E-state index is -0.823. The smallest absolute Gasteiger partial charge is 0.330 e. The van der Waals surface area contributed by atoms with Crippen LogP contribution in [0.4, 0.5) is 4.79 Å². The Balaban J connectivity index is 2.59. The molecule has 0 bridgehead atoms. The van der Waals surface area contributed by atoms with Crippen LogP contribution < -0.4 is 10.6 Å². The fourth-order valence-corrected chi connectivity index (χ4v) is 1.98. The Morgan fingerprint density at radius 3 is 2.55 bits per heavy atom. The molecule has 0 radical (unpaired) electrons. The lowest BCUT2D eigenvalue weighted by molar-refractivity contribution is -0.142. The van der Waals surface area contributed by atoms with E-state index in [0.717, 1.165) is 11.3 Å². The number of hydrogen-bond donors (Lipinski definition) is 2. The van der Waals surface area contributed by atoms with Crippen LogP contribution in [-0.2, 0) is 14.4 Å². The predicted molar refractivity (Wildman–Crippen MR) is 71.6 cm³/mol. The number of carbonyl (C=O) groups excluding carboxylic acids is 4. The van der Waals surface area contributed by atoms with E-state index >= 15 is 0 Å². The zero-order valence-electron chi connectivity index (χ0n) is 11.9. The van der Waals surface area contributed by atoms with Crippen molar-refractivity contribution in [2.45, 2.75) is 39.5 Å². The highest BCUT2D eigenvalue weighted by molar-refractivity contribution is 6.16. The highest BCUT2D eigenvalue weighted by Gasteiger charge is 2.39. The Kier molecular flexibility index (Phi) is 6.14. The minimum absolute atomic E-state index is 0.00624. The molecule has 0 aromatic carbocycles. The summed E-state index contributed by atoms with van der Waals surface area (Å²) >= 11 is 0. The van der Waals surface area contributed by atoms with E-state index in [1.165, 1.54) is 0 Å². The highest BCUT2D eigenvalue weighted by atomic mass is 16.2. The molecule has 1 saturated heterocycles. The number of barbiturate groups is 1. The van der Waals surface area contributed by atoms with E-state index in [-0.39, 0.29) is 18.9 Å². The zero-order chi connectivity index (χ0) is 15.1. The van der Waals surface area contributed by atoms with Crippen molar-refractivity contribution in [1.29, 1.82) is 0 Å². The summed E-state index contributed by atoms with van der Waals surface area (Å²) in [5.74, 6) is -2.09. The Bertz CT molecular complexity index is 408. The Morgan fingerprint density at radius 2 is 1.95 bits per heavy atom. The molecule has 1 aliphatic heterocycles. The molecule has 0 spiro atoms. The second-order valence-corrected chi connectivity index (χ2v) is 4.73. The first-order valence-corrected chi connectivity index (χ1v) is 6.94. The monoisotopic (exact) mass is 283 g/mol. The topological polar surface area (TPSA) is 95.6 Å². The van der Waals surface area contributed by atoms with Crippen molar-refractivity contribution in [3.8, 4) is 0 Å². The van der Waals surface area contributed by atoms with Crippen LogP contribution in [0.25, 0.3) is 0 Å². The van der Waals surface area contributed by atoms with Crippen molar-refractivity contribution in [3.05, 3.63) is 0 Å². The lowest BCUT2D eigenvalue weighted by atomic mass is 9.99. The van der Waals surface area contributed by atoms with Gasteiger partial charge < -0.3 is 5.32 Å². The molecular weight excluding hydrogens is 262 g/mol. The number of nitrogens with zero attached hydrogens (tertiary/aromatic N) is 1. The molecule has 5 amide bonds. The summed E-state index contributed by atoms with van der Waals surface area (Å²) in [6.07, 6.45) is 1.94. The van der Waals surface area contributed by atoms with Crippen molar-refractivity contribution >= 4 is 23.8 Å². The number of imide groups is 2. The maximum Gasteiger partial charge on any atom is 0.330 e. The van der Waals surface area contributed by atoms with Gasteiger partial charge in [0.1, 0.15) is 5.92 Å². The number of urea groups is 1. The van der Waals surface area contributed by atoms with Gasteiger partial charge >= 0.3 is 6.03 Å². The predicted octanol–water partition coefficient (Wildman–Crippen LogP) is 0.397. The van der Waals surface area contributed by atoms with E-state index in [2.05, 4.69) is 10.6 Å². The summed E-state index contributed by atoms with van der Waals surface area (Å²) in [6.45, 7) is 4.35. The van der Waals surface area contributed by atoms with Crippen molar-refractivity contribution in [1.82, 2.24) is 15.5 Å². The average molecular weight is 283 g/mol. The zero-order valence-corrected chi connectivity index (χ0v) is 11.9. The van der Waals surface area contributed by atoms with Gasteiger partial charge in [-0.2, -0.15) is 0 Å². The molecule has 1 heterocycles. The van der Waals surface area contributed by atoms with Gasteiger partial charge in [-0.15, -0.1) is 0 Å². The Morgan fingerprint density at radius 1 is 1.25 bits per heavy atom. The summed E-state index contributed by atoms with van der Waals surface area (Å²) in [6, 6.07) is -0.740. The molecule has 7 nitrogen and oxygen atoms in total. The van der Waals surface area contributed by atoms with Gasteiger partial charge in [0.05, 0.1) is 0 Å². The van der Waals surface area contributed by atoms with Gasteiger partial charge in [-0.1, -0.05) is 20.3 Å². The average Bonchev–Trinajstić information content (AvgIpc) is 2.40. The molecule has 1 aliphatic rings. The van der Waals surface area contributed by atoms with E-state index in [1.807, 2.05) is 13.8 Å². The second-order valence-electron chi connectivity index (χ2n) is 4.73. The first-order valence-electron chi connectivity index (χ1n) is 6.94. The van der Waals surface area contributed by atoms with Crippen LogP contribution in [0.2, 0.25) is 0 Å². The lowest BCUT2D eigenvalue weighted by Crippen LogP contribution is -2.58. The molecule has 0 aliphatic carbocycles. The summed E-state index contributed by atoms with van der Waals surface area (Å²) < 4.78 is 0. The van der Waals surface area contributed by atoms with Crippen LogP contribution in [0.5, 0.6) is 0 Å². The van der Waals surface area contributed by atoms with Crippen molar-refractivity contribution in [2.75, 3.05) is 13.1 Å². The third-order valence-corrected chi connectivity index (χ3v) is 3.07. The normalized spacial score (nSPS) is 19.0. The molecule has 1 rings (SSSR count). The fraction of sp³-hybridized carbons (Fsp3) is 0.692. The van der Waals surface area contributed by atoms with Gasteiger partial charge in [-0.3, -0.25) is 24.6 Å². The number of rotatable bonds is 7. The molecule has 20 heavy (non-hydrogen) atoms. The maximum absolute atomic E-state index is 12.1. The van der Waals surface area contributed by atoms with Crippen LogP contribution in [0.3, 0.4) is 0 Å². The lowest BCUT2D eigenvalue weighted by Gasteiger charge is -2.29. The number of hydrogen-bond acceptors (Lipinski definition) is 4. The Labute approximate surface area is 118 Å². The molecule has 0 aromatic rings. The first-order chi connectivity index (χ1) is 9.51. The molecule has 2 N–H and O–H groups in total. The van der Waals surface area contributed by atoms with Crippen LogP contribution in [0.1, 0.15) is 39.5 Å². The number of amides is 5. The van der Waals surface area contributed by atoms with Crippen LogP contribution in [0, 0.1) is 5.92 Å². The molecule has 7 heteroatoms. The van der Waals surface area contributed by atoms with Crippen molar-refractivity contribution in [2.24, 2.45) is 5.92 Å². The van der Waals surface area contributed by atoms with Crippen molar-refractivity contribution in [3.63, 3.8) is 0 Å². The van der Waals surface area contributed by atoms with Gasteiger partial charge in [-0.05, 0) is 12.8 Å². The quantitative estimate of drug-likeness (QED) is 0.661. The van der Waals surface area contributed by atoms with E-state index < -0.39 is 23.8 Å². The third-order valence-electron chi connectivity index (χ3n) is 3.07. The third kappa shape index (κ3) is 4.04. The molecular formula is C13H21N3O4. The van der Waals surface area contributed by atoms with Crippen LogP contribution in [-0.4, -0.2) is 41.7 Å². The SMILES string of the molecule is CCCNC(=O)CCN1C(=O)NC(=O)C(CCC)C1=O. The second kappa shape index (κ2) is 7.62. The van der Waals surface area contributed by atoms with Crippen molar-refractivity contribution < 1.29 is 19.2 Å². The van der Waals surface area contributed by atoms with Gasteiger partial charge in [0.25, 0.3) is 0 Å². The summed E-state index contributed by atoms with van der Waals surface area (Å²) in [4.78, 5) is 47.7. The molecule has 1 unspecified atom stereocenters. The van der Waals surface area contributed by atoms with Gasteiger partial charge in [0, 0.05) is 19.5 Å². The molecule has 0 aromatic heterocycles.